The molecule has 0 aromatic heterocycles. The smallest absolute Gasteiger partial charge is 0.379 e. The number of fused-ring (bicyclic) bond motifs is 2. The van der Waals surface area contributed by atoms with Crippen molar-refractivity contribution in [2.45, 2.75) is 25.3 Å². The largest absolute Gasteiger partial charge is 0.500 e. The molecule has 23 heavy (non-hydrogen) atoms. The highest BCUT2D eigenvalue weighted by Crippen LogP contribution is 2.46. The summed E-state index contributed by atoms with van der Waals surface area (Å²) in [5.74, 6) is 2.48. The van der Waals surface area contributed by atoms with Crippen molar-refractivity contribution in [2.24, 2.45) is 17.8 Å². The van der Waals surface area contributed by atoms with Gasteiger partial charge in [0.25, 0.3) is 0 Å². The molecule has 0 heterocycles. The summed E-state index contributed by atoms with van der Waals surface area (Å²) in [6.45, 7) is 0. The third-order valence-electron chi connectivity index (χ3n) is 4.75. The predicted octanol–water partition coefficient (Wildman–Crippen LogP) is 2.11. The summed E-state index contributed by atoms with van der Waals surface area (Å²) in [7, 11) is 5.80. The zero-order valence-corrected chi connectivity index (χ0v) is 17.4. The van der Waals surface area contributed by atoms with Gasteiger partial charge >= 0.3 is 18.3 Å². The van der Waals surface area contributed by atoms with E-state index >= 15 is 0 Å². The van der Waals surface area contributed by atoms with Gasteiger partial charge in [-0.3, -0.25) is 0 Å². The Balaban J connectivity index is 0.000000322. The van der Waals surface area contributed by atoms with Crippen molar-refractivity contribution in [3.05, 3.63) is 12.2 Å². The molecule has 3 unspecified atom stereocenters. The molecule has 3 atom stereocenters. The molecular formula is C15H32O6Si2. The second-order valence-electron chi connectivity index (χ2n) is 5.87. The van der Waals surface area contributed by atoms with E-state index in [1.165, 1.54) is 19.3 Å². The van der Waals surface area contributed by atoms with Crippen LogP contribution in [0.5, 0.6) is 0 Å². The van der Waals surface area contributed by atoms with E-state index in [4.69, 9.17) is 26.6 Å². The lowest BCUT2D eigenvalue weighted by atomic mass is 9.91. The summed E-state index contributed by atoms with van der Waals surface area (Å²) in [6, 6.07) is 0.943. The molecule has 2 aliphatic carbocycles. The molecule has 0 saturated heterocycles. The van der Waals surface area contributed by atoms with E-state index in [1.54, 1.807) is 42.7 Å². The quantitative estimate of drug-likeness (QED) is 0.461. The van der Waals surface area contributed by atoms with Crippen molar-refractivity contribution < 1.29 is 26.6 Å². The molecule has 136 valence electrons. The highest BCUT2D eigenvalue weighted by atomic mass is 28.4. The fraction of sp³-hybridized carbons (Fsp3) is 0.867. The van der Waals surface area contributed by atoms with Crippen molar-refractivity contribution in [1.82, 2.24) is 0 Å². The maximum Gasteiger partial charge on any atom is 0.500 e. The topological polar surface area (TPSA) is 55.4 Å². The second-order valence-corrected chi connectivity index (χ2v) is 11.0. The maximum absolute atomic E-state index is 5.45. The van der Waals surface area contributed by atoms with E-state index in [0.717, 1.165) is 23.8 Å². The van der Waals surface area contributed by atoms with Crippen molar-refractivity contribution in [1.29, 1.82) is 0 Å². The summed E-state index contributed by atoms with van der Waals surface area (Å²) >= 11 is 0. The van der Waals surface area contributed by atoms with Crippen LogP contribution in [0, 0.1) is 17.8 Å². The first-order valence-corrected chi connectivity index (χ1v) is 11.3. The zero-order valence-electron chi connectivity index (χ0n) is 15.2. The molecule has 6 nitrogen and oxygen atoms in total. The predicted molar refractivity (Wildman–Crippen MR) is 93.2 cm³/mol. The number of rotatable bonds is 9. The van der Waals surface area contributed by atoms with Gasteiger partial charge < -0.3 is 26.6 Å². The van der Waals surface area contributed by atoms with Crippen LogP contribution in [0.15, 0.2) is 12.2 Å². The molecule has 1 fully saturated rings. The first-order chi connectivity index (χ1) is 11.1. The van der Waals surface area contributed by atoms with E-state index in [2.05, 4.69) is 12.2 Å². The summed E-state index contributed by atoms with van der Waals surface area (Å²) in [5, 5.41) is 0. The molecule has 0 N–H and O–H groups in total. The van der Waals surface area contributed by atoms with Crippen molar-refractivity contribution in [3.63, 3.8) is 0 Å². The Labute approximate surface area is 143 Å². The van der Waals surface area contributed by atoms with E-state index in [1.807, 2.05) is 0 Å². The number of allylic oxidation sites excluding steroid dienone is 2. The third kappa shape index (κ3) is 6.06. The molecule has 0 aliphatic heterocycles. The van der Waals surface area contributed by atoms with Gasteiger partial charge in [0.1, 0.15) is 0 Å². The van der Waals surface area contributed by atoms with Gasteiger partial charge in [-0.1, -0.05) is 12.2 Å². The summed E-state index contributed by atoms with van der Waals surface area (Å²) in [4.78, 5) is 0. The van der Waals surface area contributed by atoms with Crippen LogP contribution < -0.4 is 0 Å². The van der Waals surface area contributed by atoms with Crippen LogP contribution in [-0.2, 0) is 26.6 Å². The summed E-state index contributed by atoms with van der Waals surface area (Å²) in [5.41, 5.74) is 0. The van der Waals surface area contributed by atoms with Crippen LogP contribution in [0.2, 0.25) is 6.04 Å². The van der Waals surface area contributed by atoms with Crippen LogP contribution in [0.25, 0.3) is 0 Å². The molecule has 8 heteroatoms. The van der Waals surface area contributed by atoms with Gasteiger partial charge in [0.2, 0.25) is 0 Å². The van der Waals surface area contributed by atoms with Gasteiger partial charge in [0.05, 0.1) is 0 Å². The molecule has 2 aliphatic rings. The normalized spacial score (nSPS) is 25.8. The van der Waals surface area contributed by atoms with Crippen LogP contribution in [-0.4, -0.2) is 61.0 Å². The second kappa shape index (κ2) is 10.7. The van der Waals surface area contributed by atoms with Gasteiger partial charge in [0, 0.05) is 48.7 Å². The Hall–Kier alpha value is -0.0662. The van der Waals surface area contributed by atoms with Gasteiger partial charge in [-0.05, 0) is 37.0 Å². The Kier molecular flexibility index (Phi) is 9.78. The minimum Gasteiger partial charge on any atom is -0.379 e. The maximum atomic E-state index is 5.45. The Morgan fingerprint density at radius 1 is 0.870 bits per heavy atom. The van der Waals surface area contributed by atoms with Crippen molar-refractivity contribution in [3.8, 4) is 0 Å². The Morgan fingerprint density at radius 3 is 1.74 bits per heavy atom. The van der Waals surface area contributed by atoms with E-state index in [-0.39, 0.29) is 0 Å². The third-order valence-corrected chi connectivity index (χ3v) is 8.67. The molecule has 0 aromatic rings. The van der Waals surface area contributed by atoms with Crippen LogP contribution in [0.3, 0.4) is 0 Å². The van der Waals surface area contributed by atoms with Gasteiger partial charge in [-0.25, -0.2) is 0 Å². The van der Waals surface area contributed by atoms with Gasteiger partial charge in [-0.2, -0.15) is 0 Å². The van der Waals surface area contributed by atoms with Crippen LogP contribution >= 0.6 is 0 Å². The number of hydrogen-bond acceptors (Lipinski definition) is 6. The molecule has 0 radical (unpaired) electrons. The van der Waals surface area contributed by atoms with E-state index in [9.17, 15) is 0 Å². The molecule has 2 rings (SSSR count). The first-order valence-electron chi connectivity index (χ1n) is 8.00. The lowest BCUT2D eigenvalue weighted by molar-refractivity contribution is 0.120. The lowest BCUT2D eigenvalue weighted by Crippen LogP contribution is -2.43. The Morgan fingerprint density at radius 2 is 1.43 bits per heavy atom. The van der Waals surface area contributed by atoms with E-state index < -0.39 is 18.3 Å². The highest BCUT2D eigenvalue weighted by molar-refractivity contribution is 6.60. The monoisotopic (exact) mass is 364 g/mol. The fourth-order valence-electron chi connectivity index (χ4n) is 3.43. The molecular weight excluding hydrogens is 332 g/mol. The molecule has 0 spiro atoms. The molecule has 0 aromatic carbocycles. The van der Waals surface area contributed by atoms with Crippen molar-refractivity contribution in [2.75, 3.05) is 42.7 Å². The standard InChI is InChI=1S/C12H22O3Si.C3H10O3Si/c1-13-16(14-2,15-3)7-6-12-9-10-4-5-11(12)8-10;1-4-7(5-2)6-3/h4-5,10-12H,6-9H2,1-3H3;7H,1-3H3. The van der Waals surface area contributed by atoms with Gasteiger partial charge in [0.15, 0.2) is 0 Å². The van der Waals surface area contributed by atoms with Gasteiger partial charge in [-0.15, -0.1) is 0 Å². The summed E-state index contributed by atoms with van der Waals surface area (Å²) < 4.78 is 30.6. The van der Waals surface area contributed by atoms with Crippen LogP contribution in [0.4, 0.5) is 0 Å². The zero-order chi connectivity index (χ0) is 17.3. The number of hydrogen-bond donors (Lipinski definition) is 0. The lowest BCUT2D eigenvalue weighted by Gasteiger charge is -2.27. The van der Waals surface area contributed by atoms with E-state index in [0.29, 0.717) is 0 Å². The fourth-order valence-corrected chi connectivity index (χ4v) is 5.85. The minimum atomic E-state index is -2.34. The SMILES string of the molecule is CO[SiH](OC)OC.CO[Si](CCC1CC2C=CC1C2)(OC)OC. The molecule has 0 amide bonds. The average Bonchev–Trinajstić information content (AvgIpc) is 3.22. The molecule has 2 bridgehead atoms. The average molecular weight is 365 g/mol. The highest BCUT2D eigenvalue weighted by Gasteiger charge is 2.41. The van der Waals surface area contributed by atoms with Crippen LogP contribution in [0.1, 0.15) is 19.3 Å². The Bertz CT molecular complexity index is 333. The molecule has 1 saturated carbocycles. The van der Waals surface area contributed by atoms with Crippen molar-refractivity contribution >= 4 is 18.3 Å². The first kappa shape index (κ1) is 21.0. The minimum absolute atomic E-state index is 0.808. The summed E-state index contributed by atoms with van der Waals surface area (Å²) in [6.07, 6.45) is 8.67.